The Hall–Kier alpha value is -3.76. The van der Waals surface area contributed by atoms with Gasteiger partial charge < -0.3 is 9.88 Å². The maximum Gasteiger partial charge on any atom is 0.294 e. The third-order valence-corrected chi connectivity index (χ3v) is 6.24. The average molecular weight is 444 g/mol. The predicted octanol–water partition coefficient (Wildman–Crippen LogP) is 4.57. The van der Waals surface area contributed by atoms with E-state index in [0.717, 1.165) is 44.3 Å². The summed E-state index contributed by atoms with van der Waals surface area (Å²) < 4.78 is 1.92. The summed E-state index contributed by atoms with van der Waals surface area (Å²) >= 11 is 0.829. The number of nitrogens with zero attached hydrogens (tertiary/aromatic N) is 2. The lowest BCUT2D eigenvalue weighted by atomic mass is 10.1. The van der Waals surface area contributed by atoms with Crippen LogP contribution in [-0.4, -0.2) is 33.1 Å². The molecule has 1 saturated heterocycles. The number of anilines is 1. The average Bonchev–Trinajstić information content (AvgIpc) is 3.23. The highest BCUT2D eigenvalue weighted by Crippen LogP contribution is 2.34. The maximum atomic E-state index is 12.9. The van der Waals surface area contributed by atoms with Crippen LogP contribution in [0, 0.1) is 26.2 Å². The van der Waals surface area contributed by atoms with Crippen LogP contribution in [0.5, 0.6) is 0 Å². The van der Waals surface area contributed by atoms with Crippen molar-refractivity contribution < 1.29 is 14.4 Å². The first kappa shape index (κ1) is 21.5. The third-order valence-electron chi connectivity index (χ3n) is 5.33. The summed E-state index contributed by atoms with van der Waals surface area (Å²) in [6.45, 7) is 3.99. The highest BCUT2D eigenvalue weighted by molar-refractivity contribution is 8.18. The fourth-order valence-corrected chi connectivity index (χ4v) is 4.39. The largest absolute Gasteiger partial charge is 0.335 e. The Morgan fingerprint density at radius 2 is 1.94 bits per heavy atom. The smallest absolute Gasteiger partial charge is 0.294 e. The molecule has 1 aromatic heterocycles. The van der Waals surface area contributed by atoms with Crippen molar-refractivity contribution in [1.82, 2.24) is 9.47 Å². The second kappa shape index (κ2) is 8.77. The third kappa shape index (κ3) is 4.18. The molecule has 4 rings (SSSR count). The van der Waals surface area contributed by atoms with Gasteiger partial charge in [0.15, 0.2) is 0 Å². The van der Waals surface area contributed by atoms with Gasteiger partial charge in [-0.3, -0.25) is 19.3 Å². The number of terminal acetylenes is 1. The van der Waals surface area contributed by atoms with Gasteiger partial charge in [-0.15, -0.1) is 6.42 Å². The number of para-hydroxylation sites is 1. The molecule has 0 atom stereocenters. The normalized spacial score (nSPS) is 14.9. The minimum Gasteiger partial charge on any atom is -0.335 e. The van der Waals surface area contributed by atoms with Crippen LogP contribution in [0.2, 0.25) is 0 Å². The van der Waals surface area contributed by atoms with Crippen molar-refractivity contribution in [3.63, 3.8) is 0 Å². The van der Waals surface area contributed by atoms with Gasteiger partial charge in [0.25, 0.3) is 11.1 Å². The zero-order valence-corrected chi connectivity index (χ0v) is 18.5. The molecule has 1 aliphatic rings. The Balaban J connectivity index is 1.53. The van der Waals surface area contributed by atoms with E-state index in [1.807, 2.05) is 61.0 Å². The maximum absolute atomic E-state index is 12.9. The summed E-state index contributed by atoms with van der Waals surface area (Å²) in [6, 6.07) is 13.3. The van der Waals surface area contributed by atoms with Crippen LogP contribution < -0.4 is 5.32 Å². The Kier molecular flexibility index (Phi) is 5.89. The highest BCUT2D eigenvalue weighted by Gasteiger charge is 2.36. The second-order valence-corrected chi connectivity index (χ2v) is 8.54. The molecule has 2 aromatic carbocycles. The van der Waals surface area contributed by atoms with E-state index in [0.29, 0.717) is 12.2 Å². The number of carbonyl (C=O) groups excluding carboxylic acids is 3. The Morgan fingerprint density at radius 1 is 1.16 bits per heavy atom. The molecule has 3 amide bonds. The van der Waals surface area contributed by atoms with Crippen molar-refractivity contribution in [2.24, 2.45) is 0 Å². The minimum absolute atomic E-state index is 0.276. The molecule has 32 heavy (non-hydrogen) atoms. The first-order valence-electron chi connectivity index (χ1n) is 10.0. The van der Waals surface area contributed by atoms with Crippen molar-refractivity contribution in [1.29, 1.82) is 0 Å². The van der Waals surface area contributed by atoms with Gasteiger partial charge in [-0.05, 0) is 61.0 Å². The molecule has 3 aromatic rings. The molecule has 0 bridgehead atoms. The van der Waals surface area contributed by atoms with Crippen LogP contribution in [0.4, 0.5) is 10.5 Å². The van der Waals surface area contributed by atoms with E-state index in [1.54, 1.807) is 12.1 Å². The van der Waals surface area contributed by atoms with Crippen molar-refractivity contribution in [3.8, 4) is 12.3 Å². The molecule has 1 aliphatic heterocycles. The predicted molar refractivity (Wildman–Crippen MR) is 128 cm³/mol. The fraction of sp³-hybridized carbons (Fsp3) is 0.160. The first-order chi connectivity index (χ1) is 15.4. The zero-order chi connectivity index (χ0) is 22.8. The van der Waals surface area contributed by atoms with Crippen molar-refractivity contribution >= 4 is 51.5 Å². The summed E-state index contributed by atoms with van der Waals surface area (Å²) in [5.74, 6) is 1.71. The monoisotopic (exact) mass is 443 g/mol. The van der Waals surface area contributed by atoms with Gasteiger partial charge in [0.1, 0.15) is 6.54 Å². The topological polar surface area (TPSA) is 71.4 Å². The van der Waals surface area contributed by atoms with Gasteiger partial charge in [0.2, 0.25) is 5.91 Å². The Bertz CT molecular complexity index is 1330. The number of rotatable bonds is 5. The first-order valence-corrected chi connectivity index (χ1v) is 10.8. The van der Waals surface area contributed by atoms with E-state index >= 15 is 0 Å². The molecular formula is C25H21N3O3S. The summed E-state index contributed by atoms with van der Waals surface area (Å²) in [5.41, 5.74) is 4.52. The lowest BCUT2D eigenvalue weighted by Crippen LogP contribution is -2.36. The summed E-state index contributed by atoms with van der Waals surface area (Å²) in [6.07, 6.45) is 9.01. The van der Waals surface area contributed by atoms with Crippen LogP contribution in [0.15, 0.2) is 53.6 Å². The van der Waals surface area contributed by atoms with Gasteiger partial charge in [-0.1, -0.05) is 30.2 Å². The lowest BCUT2D eigenvalue weighted by molar-refractivity contribution is -0.127. The Labute approximate surface area is 190 Å². The molecule has 0 aliphatic carbocycles. The number of amides is 3. The molecule has 1 N–H and O–H groups in total. The number of nitrogens with one attached hydrogen (secondary N) is 1. The zero-order valence-electron chi connectivity index (χ0n) is 17.7. The van der Waals surface area contributed by atoms with Gasteiger partial charge in [0, 0.05) is 28.4 Å². The number of hydrogen-bond acceptors (Lipinski definition) is 4. The SMILES string of the molecule is C#CCn1cc(/C=C2/SC(=O)N(CC(=O)Nc3ccc(C)c(C)c3)C2=O)c2ccccc21. The van der Waals surface area contributed by atoms with Gasteiger partial charge in [-0.25, -0.2) is 0 Å². The molecule has 2 heterocycles. The van der Waals surface area contributed by atoms with E-state index in [-0.39, 0.29) is 11.4 Å². The highest BCUT2D eigenvalue weighted by atomic mass is 32.2. The second-order valence-electron chi connectivity index (χ2n) is 7.55. The van der Waals surface area contributed by atoms with Crippen molar-refractivity contribution in [3.05, 3.63) is 70.3 Å². The molecule has 1 fully saturated rings. The number of imide groups is 1. The molecule has 7 heteroatoms. The van der Waals surface area contributed by atoms with E-state index in [1.165, 1.54) is 0 Å². The number of carbonyl (C=O) groups is 3. The Morgan fingerprint density at radius 3 is 2.69 bits per heavy atom. The van der Waals surface area contributed by atoms with E-state index in [4.69, 9.17) is 6.42 Å². The molecular weight excluding hydrogens is 422 g/mol. The summed E-state index contributed by atoms with van der Waals surface area (Å²) in [5, 5.41) is 3.21. The van der Waals surface area contributed by atoms with Crippen LogP contribution in [0.1, 0.15) is 16.7 Å². The summed E-state index contributed by atoms with van der Waals surface area (Å²) in [7, 11) is 0. The number of hydrogen-bond donors (Lipinski definition) is 1. The molecule has 160 valence electrons. The van der Waals surface area contributed by atoms with Crippen molar-refractivity contribution in [2.45, 2.75) is 20.4 Å². The van der Waals surface area contributed by atoms with Gasteiger partial charge >= 0.3 is 0 Å². The van der Waals surface area contributed by atoms with Crippen LogP contribution in [0.3, 0.4) is 0 Å². The quantitative estimate of drug-likeness (QED) is 0.463. The molecule has 0 radical (unpaired) electrons. The molecule has 0 spiro atoms. The lowest BCUT2D eigenvalue weighted by Gasteiger charge is -2.13. The summed E-state index contributed by atoms with van der Waals surface area (Å²) in [4.78, 5) is 39.0. The van der Waals surface area contributed by atoms with E-state index in [9.17, 15) is 14.4 Å². The molecule has 6 nitrogen and oxygen atoms in total. The minimum atomic E-state index is -0.482. The number of aryl methyl sites for hydroxylation is 2. The number of thioether (sulfide) groups is 1. The van der Waals surface area contributed by atoms with Gasteiger partial charge in [-0.2, -0.15) is 0 Å². The van der Waals surface area contributed by atoms with Crippen LogP contribution in [-0.2, 0) is 16.1 Å². The number of aromatic nitrogens is 1. The van der Waals surface area contributed by atoms with Crippen LogP contribution in [0.25, 0.3) is 17.0 Å². The fourth-order valence-electron chi connectivity index (χ4n) is 3.56. The van der Waals surface area contributed by atoms with Gasteiger partial charge in [0.05, 0.1) is 11.4 Å². The van der Waals surface area contributed by atoms with E-state index in [2.05, 4.69) is 11.2 Å². The molecule has 0 unspecified atom stereocenters. The van der Waals surface area contributed by atoms with Crippen molar-refractivity contribution in [2.75, 3.05) is 11.9 Å². The molecule has 0 saturated carbocycles. The number of fused-ring (bicyclic) bond motifs is 1. The van der Waals surface area contributed by atoms with Crippen LogP contribution >= 0.6 is 11.8 Å². The standard InChI is InChI=1S/C25H21N3O3S/c1-4-11-27-14-18(20-7-5-6-8-21(20)27)13-22-24(30)28(25(31)32-22)15-23(29)26-19-10-9-16(2)17(3)12-19/h1,5-10,12-14H,11,15H2,2-3H3,(H,26,29)/b22-13+. The van der Waals surface area contributed by atoms with E-state index < -0.39 is 17.1 Å². The number of benzene rings is 2.